The molecule has 0 radical (unpaired) electrons. The first kappa shape index (κ1) is 16.4. The van der Waals surface area contributed by atoms with E-state index in [4.69, 9.17) is 0 Å². The Hall–Kier alpha value is -0.630. The summed E-state index contributed by atoms with van der Waals surface area (Å²) in [6.45, 7) is 6.36. The van der Waals surface area contributed by atoms with E-state index in [0.29, 0.717) is 0 Å². The van der Waals surface area contributed by atoms with Gasteiger partial charge >= 0.3 is 7.60 Å². The fourth-order valence-corrected chi connectivity index (χ4v) is 3.72. The maximum Gasteiger partial charge on any atom is 0.356 e. The van der Waals surface area contributed by atoms with E-state index in [1.807, 2.05) is 12.1 Å². The van der Waals surface area contributed by atoms with Crippen molar-refractivity contribution in [3.63, 3.8) is 0 Å². The lowest BCUT2D eigenvalue weighted by atomic mass is 9.72. The normalized spacial score (nSPS) is 12.7. The van der Waals surface area contributed by atoms with Crippen molar-refractivity contribution in [1.82, 2.24) is 0 Å². The standard InChI is InChI=1S/C15H25O3P/c1-4-7-12-15(5-2,6-3)13-10-8-9-11-14(13)19(16,17)18/h8-11H,4-7,12H2,1-3H3,(H2,16,17,18). The Morgan fingerprint density at radius 3 is 2.16 bits per heavy atom. The Kier molecular flexibility index (Phi) is 5.79. The predicted octanol–water partition coefficient (Wildman–Crippen LogP) is 3.74. The first-order chi connectivity index (χ1) is 8.91. The molecule has 4 heteroatoms. The molecule has 0 saturated carbocycles. The summed E-state index contributed by atoms with van der Waals surface area (Å²) in [5.74, 6) is 0. The van der Waals surface area contributed by atoms with Gasteiger partial charge in [0.25, 0.3) is 0 Å². The minimum Gasteiger partial charge on any atom is -0.321 e. The molecule has 0 aliphatic carbocycles. The van der Waals surface area contributed by atoms with Gasteiger partial charge in [0.05, 0.1) is 5.30 Å². The van der Waals surface area contributed by atoms with Crippen molar-refractivity contribution >= 4 is 12.9 Å². The van der Waals surface area contributed by atoms with Crippen LogP contribution in [-0.2, 0) is 9.98 Å². The monoisotopic (exact) mass is 284 g/mol. The van der Waals surface area contributed by atoms with Crippen LogP contribution in [0.1, 0.15) is 58.4 Å². The molecule has 0 aliphatic rings. The second-order valence-corrected chi connectivity index (χ2v) is 6.72. The Morgan fingerprint density at radius 1 is 1.11 bits per heavy atom. The molecule has 19 heavy (non-hydrogen) atoms. The number of rotatable bonds is 7. The van der Waals surface area contributed by atoms with Crippen molar-refractivity contribution in [3.8, 4) is 0 Å². The van der Waals surface area contributed by atoms with Crippen molar-refractivity contribution in [2.45, 2.75) is 58.3 Å². The topological polar surface area (TPSA) is 57.5 Å². The second kappa shape index (κ2) is 6.69. The van der Waals surface area contributed by atoms with Gasteiger partial charge in [0.1, 0.15) is 0 Å². The molecule has 0 amide bonds. The first-order valence-corrected chi connectivity index (χ1v) is 8.68. The quantitative estimate of drug-likeness (QED) is 0.750. The van der Waals surface area contributed by atoms with Crippen molar-refractivity contribution in [1.29, 1.82) is 0 Å². The lowest BCUT2D eigenvalue weighted by Gasteiger charge is -2.34. The highest BCUT2D eigenvalue weighted by Gasteiger charge is 2.34. The zero-order chi connectivity index (χ0) is 14.5. The van der Waals surface area contributed by atoms with Crippen LogP contribution in [0.3, 0.4) is 0 Å². The highest BCUT2D eigenvalue weighted by Crippen LogP contribution is 2.42. The molecule has 0 bridgehead atoms. The van der Waals surface area contributed by atoms with Crippen molar-refractivity contribution in [2.24, 2.45) is 0 Å². The Balaban J connectivity index is 3.34. The van der Waals surface area contributed by atoms with Gasteiger partial charge in [0, 0.05) is 0 Å². The van der Waals surface area contributed by atoms with Gasteiger partial charge in [0.15, 0.2) is 0 Å². The lowest BCUT2D eigenvalue weighted by Crippen LogP contribution is -2.30. The molecule has 0 aliphatic heterocycles. The van der Waals surface area contributed by atoms with Gasteiger partial charge in [-0.1, -0.05) is 51.8 Å². The van der Waals surface area contributed by atoms with Crippen LogP contribution in [0.25, 0.3) is 0 Å². The summed E-state index contributed by atoms with van der Waals surface area (Å²) in [5, 5.41) is 0.204. The molecule has 0 atom stereocenters. The molecule has 0 spiro atoms. The molecule has 1 aromatic rings. The highest BCUT2D eigenvalue weighted by atomic mass is 31.2. The number of unbranched alkanes of at least 4 members (excludes halogenated alkanes) is 1. The van der Waals surface area contributed by atoms with E-state index in [2.05, 4.69) is 20.8 Å². The van der Waals surface area contributed by atoms with E-state index < -0.39 is 7.60 Å². The molecular formula is C15H25O3P. The fraction of sp³-hybridized carbons (Fsp3) is 0.600. The minimum atomic E-state index is -4.21. The summed E-state index contributed by atoms with van der Waals surface area (Å²) in [7, 11) is -4.21. The van der Waals surface area contributed by atoms with Gasteiger partial charge in [-0.25, -0.2) is 0 Å². The van der Waals surface area contributed by atoms with Crippen LogP contribution in [0.4, 0.5) is 0 Å². The van der Waals surface area contributed by atoms with Crippen molar-refractivity contribution < 1.29 is 14.4 Å². The van der Waals surface area contributed by atoms with E-state index in [-0.39, 0.29) is 10.7 Å². The number of hydrogen-bond acceptors (Lipinski definition) is 1. The molecule has 3 nitrogen and oxygen atoms in total. The number of hydrogen-bond donors (Lipinski definition) is 2. The fourth-order valence-electron chi connectivity index (χ4n) is 2.81. The summed E-state index contributed by atoms with van der Waals surface area (Å²) >= 11 is 0. The van der Waals surface area contributed by atoms with E-state index in [1.54, 1.807) is 12.1 Å². The zero-order valence-electron chi connectivity index (χ0n) is 12.1. The summed E-state index contributed by atoms with van der Waals surface area (Å²) in [4.78, 5) is 19.1. The number of benzene rings is 1. The summed E-state index contributed by atoms with van der Waals surface area (Å²) in [6, 6.07) is 7.04. The summed E-state index contributed by atoms with van der Waals surface area (Å²) in [5.41, 5.74) is 0.718. The van der Waals surface area contributed by atoms with Crippen LogP contribution in [-0.4, -0.2) is 9.79 Å². The van der Waals surface area contributed by atoms with Gasteiger partial charge < -0.3 is 9.79 Å². The Labute approximate surface area is 116 Å². The minimum absolute atomic E-state index is 0.117. The zero-order valence-corrected chi connectivity index (χ0v) is 13.0. The molecule has 0 saturated heterocycles. The third kappa shape index (κ3) is 3.68. The third-order valence-corrected chi connectivity index (χ3v) is 5.17. The maximum absolute atomic E-state index is 11.7. The molecule has 0 heterocycles. The van der Waals surface area contributed by atoms with Gasteiger partial charge in [0.2, 0.25) is 0 Å². The molecule has 2 N–H and O–H groups in total. The molecule has 1 rings (SSSR count). The Bertz CT molecular complexity index is 446. The maximum atomic E-state index is 11.7. The molecule has 1 aromatic carbocycles. The van der Waals surface area contributed by atoms with E-state index in [1.165, 1.54) is 0 Å². The lowest BCUT2D eigenvalue weighted by molar-refractivity contribution is 0.351. The van der Waals surface area contributed by atoms with Gasteiger partial charge in [-0.15, -0.1) is 0 Å². The average molecular weight is 284 g/mol. The molecular weight excluding hydrogens is 259 g/mol. The van der Waals surface area contributed by atoms with Crippen LogP contribution in [0.5, 0.6) is 0 Å². The van der Waals surface area contributed by atoms with Gasteiger partial charge in [-0.3, -0.25) is 4.57 Å². The SMILES string of the molecule is CCCCC(CC)(CC)c1ccccc1P(=O)(O)O. The molecule has 0 fully saturated rings. The van der Waals surface area contributed by atoms with E-state index in [0.717, 1.165) is 37.7 Å². The average Bonchev–Trinajstić information content (AvgIpc) is 2.40. The van der Waals surface area contributed by atoms with Gasteiger partial charge in [-0.05, 0) is 36.3 Å². The first-order valence-electron chi connectivity index (χ1n) is 7.07. The van der Waals surface area contributed by atoms with Crippen LogP contribution >= 0.6 is 7.60 Å². The highest BCUT2D eigenvalue weighted by molar-refractivity contribution is 7.60. The molecule has 0 unspecified atom stereocenters. The summed E-state index contributed by atoms with van der Waals surface area (Å²) in [6.07, 6.45) is 4.96. The van der Waals surface area contributed by atoms with Crippen LogP contribution in [0.2, 0.25) is 0 Å². The second-order valence-electron chi connectivity index (χ2n) is 5.15. The molecule has 0 aromatic heterocycles. The smallest absolute Gasteiger partial charge is 0.321 e. The van der Waals surface area contributed by atoms with E-state index in [9.17, 15) is 14.4 Å². The van der Waals surface area contributed by atoms with Crippen LogP contribution < -0.4 is 5.30 Å². The van der Waals surface area contributed by atoms with Crippen molar-refractivity contribution in [3.05, 3.63) is 29.8 Å². The van der Waals surface area contributed by atoms with Gasteiger partial charge in [-0.2, -0.15) is 0 Å². The third-order valence-electron chi connectivity index (χ3n) is 4.15. The largest absolute Gasteiger partial charge is 0.356 e. The Morgan fingerprint density at radius 2 is 1.68 bits per heavy atom. The van der Waals surface area contributed by atoms with Crippen molar-refractivity contribution in [2.75, 3.05) is 0 Å². The summed E-state index contributed by atoms with van der Waals surface area (Å²) < 4.78 is 11.7. The van der Waals surface area contributed by atoms with Crippen LogP contribution in [0, 0.1) is 0 Å². The van der Waals surface area contributed by atoms with Crippen LogP contribution in [0.15, 0.2) is 24.3 Å². The predicted molar refractivity (Wildman–Crippen MR) is 79.9 cm³/mol. The molecule has 108 valence electrons. The van der Waals surface area contributed by atoms with E-state index >= 15 is 0 Å².